The van der Waals surface area contributed by atoms with E-state index in [1.54, 1.807) is 44.4 Å². The number of nitrogens with zero attached hydrogens (tertiary/aromatic N) is 2. The van der Waals surface area contributed by atoms with Crippen molar-refractivity contribution in [1.29, 1.82) is 0 Å². The second-order valence-corrected chi connectivity index (χ2v) is 12.0. The molecule has 0 bridgehead atoms. The number of methoxy groups -OCH3 is 1. The van der Waals surface area contributed by atoms with Gasteiger partial charge in [-0.25, -0.2) is 8.42 Å². The fourth-order valence-electron chi connectivity index (χ4n) is 4.88. The van der Waals surface area contributed by atoms with E-state index in [2.05, 4.69) is 5.32 Å². The maximum Gasteiger partial charge on any atom is 0.244 e. The van der Waals surface area contributed by atoms with Gasteiger partial charge >= 0.3 is 0 Å². The number of ether oxygens (including phenoxy) is 3. The summed E-state index contributed by atoms with van der Waals surface area (Å²) in [6.07, 6.45) is 5.10. The third kappa shape index (κ3) is 6.95. The molecule has 4 rings (SSSR count). The molecular weight excluding hydrogens is 522 g/mol. The minimum absolute atomic E-state index is 0.0418. The van der Waals surface area contributed by atoms with Crippen molar-refractivity contribution in [3.05, 3.63) is 48.0 Å². The highest BCUT2D eigenvalue weighted by atomic mass is 32.2. The van der Waals surface area contributed by atoms with Gasteiger partial charge in [0.2, 0.25) is 28.6 Å². The second-order valence-electron chi connectivity index (χ2n) is 9.84. The number of fused-ring (bicyclic) bond motifs is 1. The highest BCUT2D eigenvalue weighted by Gasteiger charge is 2.32. The van der Waals surface area contributed by atoms with Gasteiger partial charge in [-0.1, -0.05) is 31.4 Å². The molecule has 1 aliphatic heterocycles. The number of anilines is 1. The SMILES string of the molecule is CCS(=O)(=O)N(CC(=O)N(Cc1cccc(OC)c1)C(C)C(=O)NC1CCCCC1)c1ccc2c(c1)OCO2. The summed E-state index contributed by atoms with van der Waals surface area (Å²) in [5, 5.41) is 3.10. The van der Waals surface area contributed by atoms with Gasteiger partial charge in [-0.15, -0.1) is 0 Å². The second kappa shape index (κ2) is 12.6. The van der Waals surface area contributed by atoms with E-state index in [0.717, 1.165) is 42.0 Å². The summed E-state index contributed by atoms with van der Waals surface area (Å²) < 4.78 is 43.5. The van der Waals surface area contributed by atoms with E-state index < -0.39 is 28.5 Å². The number of rotatable bonds is 11. The largest absolute Gasteiger partial charge is 0.497 e. The van der Waals surface area contributed by atoms with Gasteiger partial charge in [0.1, 0.15) is 18.3 Å². The van der Waals surface area contributed by atoms with Gasteiger partial charge in [0.15, 0.2) is 11.5 Å². The molecule has 0 aromatic heterocycles. The Hall–Kier alpha value is -3.47. The number of benzene rings is 2. The van der Waals surface area contributed by atoms with Gasteiger partial charge in [0.05, 0.1) is 18.6 Å². The van der Waals surface area contributed by atoms with E-state index in [1.165, 1.54) is 11.8 Å². The van der Waals surface area contributed by atoms with Crippen LogP contribution in [0.3, 0.4) is 0 Å². The molecule has 2 aromatic rings. The Morgan fingerprint density at radius 1 is 1.08 bits per heavy atom. The molecule has 2 amide bonds. The predicted octanol–water partition coefficient (Wildman–Crippen LogP) is 3.45. The van der Waals surface area contributed by atoms with Crippen LogP contribution < -0.4 is 23.8 Å². The molecule has 1 aliphatic carbocycles. The molecule has 1 fully saturated rings. The summed E-state index contributed by atoms with van der Waals surface area (Å²) in [6.45, 7) is 2.88. The van der Waals surface area contributed by atoms with E-state index in [-0.39, 0.29) is 36.7 Å². The third-order valence-corrected chi connectivity index (χ3v) is 8.97. The van der Waals surface area contributed by atoms with Gasteiger partial charge in [0, 0.05) is 18.7 Å². The summed E-state index contributed by atoms with van der Waals surface area (Å²) in [5.41, 5.74) is 1.04. The van der Waals surface area contributed by atoms with Crippen LogP contribution in [0.15, 0.2) is 42.5 Å². The third-order valence-electron chi connectivity index (χ3n) is 7.23. The summed E-state index contributed by atoms with van der Waals surface area (Å²) in [5.74, 6) is 0.568. The average molecular weight is 560 g/mol. The number of nitrogens with one attached hydrogen (secondary N) is 1. The van der Waals surface area contributed by atoms with Gasteiger partial charge in [0.25, 0.3) is 0 Å². The predicted molar refractivity (Wildman–Crippen MR) is 147 cm³/mol. The van der Waals surface area contributed by atoms with Gasteiger partial charge < -0.3 is 24.4 Å². The summed E-state index contributed by atoms with van der Waals surface area (Å²) >= 11 is 0. The number of hydrogen-bond acceptors (Lipinski definition) is 7. The summed E-state index contributed by atoms with van der Waals surface area (Å²) in [4.78, 5) is 28.6. The minimum Gasteiger partial charge on any atom is -0.497 e. The lowest BCUT2D eigenvalue weighted by atomic mass is 9.95. The lowest BCUT2D eigenvalue weighted by Gasteiger charge is -2.33. The van der Waals surface area contributed by atoms with Crippen molar-refractivity contribution in [2.75, 3.05) is 30.5 Å². The molecule has 1 atom stereocenters. The van der Waals surface area contributed by atoms with Crippen molar-refractivity contribution >= 4 is 27.5 Å². The van der Waals surface area contributed by atoms with Crippen LogP contribution in [-0.4, -0.2) is 63.4 Å². The van der Waals surface area contributed by atoms with Gasteiger partial charge in [-0.3, -0.25) is 13.9 Å². The highest BCUT2D eigenvalue weighted by Crippen LogP contribution is 2.36. The lowest BCUT2D eigenvalue weighted by Crippen LogP contribution is -2.53. The van der Waals surface area contributed by atoms with Crippen LogP contribution in [0.5, 0.6) is 17.2 Å². The molecule has 2 aromatic carbocycles. The molecule has 0 radical (unpaired) electrons. The lowest BCUT2D eigenvalue weighted by molar-refractivity contribution is -0.139. The number of sulfonamides is 1. The highest BCUT2D eigenvalue weighted by molar-refractivity contribution is 7.92. The molecule has 0 saturated heterocycles. The number of amides is 2. The average Bonchev–Trinajstić information content (AvgIpc) is 3.42. The standard InChI is InChI=1S/C28H37N3O7S/c1-4-39(34,35)31(23-13-14-25-26(16-23)38-19-37-25)18-27(32)30(17-21-9-8-12-24(15-21)36-3)20(2)28(33)29-22-10-6-5-7-11-22/h8-9,12-16,20,22H,4-7,10-11,17-19H2,1-3H3,(H,29,33). The molecule has 1 heterocycles. The summed E-state index contributed by atoms with van der Waals surface area (Å²) in [7, 11) is -2.29. The monoisotopic (exact) mass is 559 g/mol. The number of carbonyl (C=O) groups excluding carboxylic acids is 2. The van der Waals surface area contributed by atoms with Crippen molar-refractivity contribution in [2.24, 2.45) is 0 Å². The first-order chi connectivity index (χ1) is 18.7. The Morgan fingerprint density at radius 2 is 1.82 bits per heavy atom. The number of hydrogen-bond donors (Lipinski definition) is 1. The van der Waals surface area contributed by atoms with Crippen molar-refractivity contribution < 1.29 is 32.2 Å². The van der Waals surface area contributed by atoms with Gasteiger partial charge in [-0.05, 0) is 56.5 Å². The van der Waals surface area contributed by atoms with Crippen molar-refractivity contribution in [1.82, 2.24) is 10.2 Å². The zero-order valence-electron chi connectivity index (χ0n) is 22.7. The molecule has 11 heteroatoms. The zero-order chi connectivity index (χ0) is 28.0. The molecule has 1 unspecified atom stereocenters. The van der Waals surface area contributed by atoms with E-state index in [0.29, 0.717) is 17.2 Å². The first kappa shape index (κ1) is 28.5. The Kier molecular flexibility index (Phi) is 9.21. The topological polar surface area (TPSA) is 114 Å². The Labute approximate surface area is 230 Å². The van der Waals surface area contributed by atoms with Crippen molar-refractivity contribution in [3.8, 4) is 17.2 Å². The van der Waals surface area contributed by atoms with Crippen LogP contribution >= 0.6 is 0 Å². The quantitative estimate of drug-likeness (QED) is 0.449. The Bertz CT molecular complexity index is 1280. The first-order valence-corrected chi connectivity index (χ1v) is 15.0. The van der Waals surface area contributed by atoms with Crippen molar-refractivity contribution in [2.45, 2.75) is 64.6 Å². The van der Waals surface area contributed by atoms with Crippen LogP contribution in [0.25, 0.3) is 0 Å². The molecule has 212 valence electrons. The minimum atomic E-state index is -3.84. The van der Waals surface area contributed by atoms with Gasteiger partial charge in [-0.2, -0.15) is 0 Å². The molecular formula is C28H37N3O7S. The van der Waals surface area contributed by atoms with Crippen LogP contribution in [0.4, 0.5) is 5.69 Å². The smallest absolute Gasteiger partial charge is 0.244 e. The molecule has 1 saturated carbocycles. The summed E-state index contributed by atoms with van der Waals surface area (Å²) in [6, 6.07) is 11.2. The molecule has 10 nitrogen and oxygen atoms in total. The zero-order valence-corrected chi connectivity index (χ0v) is 23.5. The van der Waals surface area contributed by atoms with E-state index in [9.17, 15) is 18.0 Å². The van der Waals surface area contributed by atoms with Crippen LogP contribution in [0.1, 0.15) is 51.5 Å². The Morgan fingerprint density at radius 3 is 2.54 bits per heavy atom. The van der Waals surface area contributed by atoms with Crippen molar-refractivity contribution in [3.63, 3.8) is 0 Å². The van der Waals surface area contributed by atoms with E-state index >= 15 is 0 Å². The molecule has 1 N–H and O–H groups in total. The van der Waals surface area contributed by atoms with Crippen LogP contribution in [-0.2, 0) is 26.2 Å². The first-order valence-electron chi connectivity index (χ1n) is 13.3. The van der Waals surface area contributed by atoms with Crippen LogP contribution in [0, 0.1) is 0 Å². The van der Waals surface area contributed by atoms with Crippen LogP contribution in [0.2, 0.25) is 0 Å². The van der Waals surface area contributed by atoms with E-state index in [4.69, 9.17) is 14.2 Å². The maximum atomic E-state index is 13.9. The fraction of sp³-hybridized carbons (Fsp3) is 0.500. The maximum absolute atomic E-state index is 13.9. The normalized spacial score (nSPS) is 15.9. The molecule has 2 aliphatic rings. The number of carbonyl (C=O) groups is 2. The Balaban J connectivity index is 1.61. The molecule has 39 heavy (non-hydrogen) atoms. The molecule has 0 spiro atoms. The fourth-order valence-corrected chi connectivity index (χ4v) is 5.93. The van der Waals surface area contributed by atoms with E-state index in [1.807, 2.05) is 12.1 Å².